The molecule has 2 aliphatic heterocycles. The minimum Gasteiger partial charge on any atom is -0.496 e. The number of carbonyl (C=O) groups excluding carboxylic acids is 5. The number of nitrogens with one attached hydrogen (secondary N) is 2. The van der Waals surface area contributed by atoms with Crippen molar-refractivity contribution in [2.45, 2.75) is 44.7 Å². The number of hydrogen-bond acceptors (Lipinski definition) is 13. The molecule has 1 atom stereocenters. The van der Waals surface area contributed by atoms with Crippen LogP contribution in [0.2, 0.25) is 0 Å². The van der Waals surface area contributed by atoms with E-state index in [-0.39, 0.29) is 60.8 Å². The highest BCUT2D eigenvalue weighted by molar-refractivity contribution is 6.24. The molecule has 1 unspecified atom stereocenters. The number of imide groups is 2. The molecule has 4 aromatic rings. The average molecular weight is 828 g/mol. The summed E-state index contributed by atoms with van der Waals surface area (Å²) < 4.78 is 18.9. The first-order valence-corrected chi connectivity index (χ1v) is 19.2. The van der Waals surface area contributed by atoms with Crippen LogP contribution in [0, 0.1) is 0 Å². The number of carboxylic acid groups (broad SMARTS) is 1. The molecular formula is C42H49N7O11. The number of hydrogen-bond donors (Lipinski definition) is 3. The molecule has 18 heteroatoms. The van der Waals surface area contributed by atoms with Crippen molar-refractivity contribution in [2.24, 2.45) is 7.05 Å². The Kier molecular flexibility index (Phi) is 14.6. The van der Waals surface area contributed by atoms with Crippen molar-refractivity contribution in [3.63, 3.8) is 0 Å². The number of methoxy groups -OCH3 is 2. The van der Waals surface area contributed by atoms with E-state index in [2.05, 4.69) is 15.6 Å². The summed E-state index contributed by atoms with van der Waals surface area (Å²) in [7, 11) is 10.6. The van der Waals surface area contributed by atoms with Crippen molar-refractivity contribution in [1.82, 2.24) is 30.0 Å². The molecule has 0 aliphatic carbocycles. The Morgan fingerprint density at radius 3 is 2.32 bits per heavy atom. The molecule has 2 aromatic carbocycles. The molecule has 6 rings (SSSR count). The van der Waals surface area contributed by atoms with E-state index >= 15 is 0 Å². The van der Waals surface area contributed by atoms with E-state index in [4.69, 9.17) is 24.1 Å². The number of amides is 5. The molecule has 0 saturated carbocycles. The summed E-state index contributed by atoms with van der Waals surface area (Å²) in [5.74, 6) is -0.486. The number of aryl methyl sites for hydroxylation is 1. The molecular weight excluding hydrogens is 778 g/mol. The smallest absolute Gasteiger partial charge is 0.290 e. The highest BCUT2D eigenvalue weighted by atomic mass is 16.5. The van der Waals surface area contributed by atoms with Crippen LogP contribution in [0.25, 0.3) is 21.9 Å². The molecule has 18 nitrogen and oxygen atoms in total. The van der Waals surface area contributed by atoms with Crippen LogP contribution in [0.4, 0.5) is 5.82 Å². The number of piperidine rings is 1. The van der Waals surface area contributed by atoms with Gasteiger partial charge in [0, 0.05) is 56.9 Å². The second-order valence-electron chi connectivity index (χ2n) is 14.5. The third-order valence-electron chi connectivity index (χ3n) is 10.0. The summed E-state index contributed by atoms with van der Waals surface area (Å²) in [6.07, 6.45) is 5.54. The zero-order chi connectivity index (χ0) is 43.7. The number of unbranched alkanes of at least 4 members (excludes halogenated alkanes) is 2. The normalized spacial score (nSPS) is 14.7. The van der Waals surface area contributed by atoms with Gasteiger partial charge in [0.25, 0.3) is 23.8 Å². The van der Waals surface area contributed by atoms with Crippen molar-refractivity contribution >= 4 is 52.6 Å². The van der Waals surface area contributed by atoms with Crippen LogP contribution in [0.15, 0.2) is 53.6 Å². The second-order valence-corrected chi connectivity index (χ2v) is 14.5. The summed E-state index contributed by atoms with van der Waals surface area (Å²) in [6.45, 7) is 1.08. The summed E-state index contributed by atoms with van der Waals surface area (Å²) in [5.41, 5.74) is 2.55. The number of ether oxygens (including phenoxy) is 3. The predicted octanol–water partition coefficient (Wildman–Crippen LogP) is 2.58. The van der Waals surface area contributed by atoms with E-state index in [9.17, 15) is 28.8 Å². The average Bonchev–Trinajstić information content (AvgIpc) is 3.47. The van der Waals surface area contributed by atoms with E-state index in [1.165, 1.54) is 10.6 Å². The van der Waals surface area contributed by atoms with Crippen molar-refractivity contribution in [3.05, 3.63) is 75.8 Å². The minimum absolute atomic E-state index is 0.0189. The fourth-order valence-corrected chi connectivity index (χ4v) is 7.17. The zero-order valence-corrected chi connectivity index (χ0v) is 34.4. The number of rotatable bonds is 16. The Balaban J connectivity index is 0.00000221. The van der Waals surface area contributed by atoms with Gasteiger partial charge in [0.1, 0.15) is 29.1 Å². The Morgan fingerprint density at radius 2 is 1.67 bits per heavy atom. The molecule has 3 N–H and O–H groups in total. The van der Waals surface area contributed by atoms with Gasteiger partial charge in [-0.25, -0.2) is 4.98 Å². The fraction of sp³-hybridized carbons (Fsp3) is 0.381. The van der Waals surface area contributed by atoms with Gasteiger partial charge in [-0.2, -0.15) is 0 Å². The van der Waals surface area contributed by atoms with Crippen LogP contribution < -0.4 is 35.3 Å². The topological polar surface area (TPSA) is 219 Å². The van der Waals surface area contributed by atoms with E-state index in [0.29, 0.717) is 60.4 Å². The van der Waals surface area contributed by atoms with Crippen molar-refractivity contribution in [3.8, 4) is 28.4 Å². The molecule has 60 heavy (non-hydrogen) atoms. The molecule has 5 amide bonds. The fourth-order valence-electron chi connectivity index (χ4n) is 7.17. The minimum atomic E-state index is -1.05. The van der Waals surface area contributed by atoms with Crippen molar-refractivity contribution < 1.29 is 48.1 Å². The maximum atomic E-state index is 13.4. The quantitative estimate of drug-likeness (QED) is 0.0841. The molecule has 2 aromatic heterocycles. The molecule has 4 heterocycles. The Bertz CT molecular complexity index is 2340. The lowest BCUT2D eigenvalue weighted by atomic mass is 9.99. The lowest BCUT2D eigenvalue weighted by molar-refractivity contribution is -0.136. The summed E-state index contributed by atoms with van der Waals surface area (Å²) in [6, 6.07) is 9.24. The largest absolute Gasteiger partial charge is 0.496 e. The summed E-state index contributed by atoms with van der Waals surface area (Å²) >= 11 is 0. The van der Waals surface area contributed by atoms with Gasteiger partial charge in [-0.1, -0.05) is 6.07 Å². The van der Waals surface area contributed by atoms with E-state index < -0.39 is 29.7 Å². The number of nitrogens with zero attached hydrogens (tertiary/aromatic N) is 5. The van der Waals surface area contributed by atoms with Crippen molar-refractivity contribution in [1.29, 1.82) is 0 Å². The lowest BCUT2D eigenvalue weighted by Crippen LogP contribution is -2.54. The second kappa shape index (κ2) is 19.8. The van der Waals surface area contributed by atoms with Gasteiger partial charge in [-0.15, -0.1) is 0 Å². The summed E-state index contributed by atoms with van der Waals surface area (Å²) in [4.78, 5) is 94.1. The predicted molar refractivity (Wildman–Crippen MR) is 220 cm³/mol. The molecule has 2 aliphatic rings. The molecule has 0 bridgehead atoms. The number of benzene rings is 2. The van der Waals surface area contributed by atoms with Gasteiger partial charge >= 0.3 is 0 Å². The maximum Gasteiger partial charge on any atom is 0.290 e. The van der Waals surface area contributed by atoms with Gasteiger partial charge in [-0.05, 0) is 75.7 Å². The number of pyridine rings is 2. The highest BCUT2D eigenvalue weighted by Crippen LogP contribution is 2.38. The molecule has 0 spiro atoms. The first-order valence-electron chi connectivity index (χ1n) is 19.2. The SMILES string of the molecule is COc1cc(-c2cn(C)c(=O)c3cc(N(C)CC(=O)NCCCCCOc4cccc5c4C(=O)N(C4CCC(=O)NC4=O)C5=O)ncc23)cc(OC)c1CN(C)C.O=CO. The number of anilines is 1. The Hall–Kier alpha value is -6.82. The molecule has 318 valence electrons. The van der Waals surface area contributed by atoms with E-state index in [0.717, 1.165) is 21.6 Å². The number of likely N-dealkylation sites (N-methyl/N-ethyl adjacent to an activating group) is 1. The monoisotopic (exact) mass is 827 g/mol. The van der Waals surface area contributed by atoms with Gasteiger partial charge in [0.2, 0.25) is 17.7 Å². The third kappa shape index (κ3) is 9.71. The standard InChI is InChI=1S/C41H47N7O9.CH2O2/c1-45(2)21-29-32(55-5)17-24(18-33(29)56-6)28-22-47(4)39(52)26-19-34(43-20-27(26)28)46(3)23-36(50)42-15-8-7-9-16-57-31-12-10-11-25-37(31)41(54)48(40(25)53)30-13-14-35(49)44-38(30)51;2-1-3/h10-12,17-20,22,30H,7-9,13-16,21,23H2,1-6H3,(H,42,50)(H,44,49,51);1H,(H,2,3). The molecule has 1 fully saturated rings. The van der Waals surface area contributed by atoms with Crippen LogP contribution in [0.5, 0.6) is 17.2 Å². The number of aromatic nitrogens is 2. The van der Waals surface area contributed by atoms with Gasteiger partial charge in [-0.3, -0.25) is 43.8 Å². The summed E-state index contributed by atoms with van der Waals surface area (Å²) in [5, 5.41) is 13.1. The number of carbonyl (C=O) groups is 6. The van der Waals surface area contributed by atoms with E-state index in [1.807, 2.05) is 31.1 Å². The first kappa shape index (κ1) is 44.3. The maximum absolute atomic E-state index is 13.4. The molecule has 0 radical (unpaired) electrons. The zero-order valence-electron chi connectivity index (χ0n) is 34.4. The highest BCUT2D eigenvalue weighted by Gasteiger charge is 2.46. The number of fused-ring (bicyclic) bond motifs is 2. The van der Waals surface area contributed by atoms with Crippen LogP contribution in [-0.4, -0.2) is 122 Å². The van der Waals surface area contributed by atoms with Crippen molar-refractivity contribution in [2.75, 3.05) is 60.0 Å². The van der Waals surface area contributed by atoms with Crippen LogP contribution >= 0.6 is 0 Å². The first-order chi connectivity index (χ1) is 28.7. The van der Waals surface area contributed by atoms with Gasteiger partial charge in [0.15, 0.2) is 0 Å². The third-order valence-corrected chi connectivity index (χ3v) is 10.0. The lowest BCUT2D eigenvalue weighted by Gasteiger charge is -2.27. The Labute approximate surface area is 346 Å². The van der Waals surface area contributed by atoms with Gasteiger partial charge < -0.3 is 39.0 Å². The van der Waals surface area contributed by atoms with Crippen LogP contribution in [0.3, 0.4) is 0 Å². The van der Waals surface area contributed by atoms with Crippen LogP contribution in [0.1, 0.15) is 58.4 Å². The van der Waals surface area contributed by atoms with Crippen LogP contribution in [-0.2, 0) is 32.8 Å². The van der Waals surface area contributed by atoms with Gasteiger partial charge in [0.05, 0.1) is 49.4 Å². The van der Waals surface area contributed by atoms with E-state index in [1.54, 1.807) is 63.8 Å². The Morgan fingerprint density at radius 1 is 0.967 bits per heavy atom. The molecule has 1 saturated heterocycles.